The van der Waals surface area contributed by atoms with E-state index in [9.17, 15) is 0 Å². The second kappa shape index (κ2) is 7.80. The minimum atomic E-state index is 0. The molecule has 2 heterocycles. The number of hydrogen-bond donors (Lipinski definition) is 1. The minimum Gasteiger partial charge on any atom is -0.314 e. The highest BCUT2D eigenvalue weighted by molar-refractivity contribution is 5.85. The van der Waals surface area contributed by atoms with Crippen LogP contribution >= 0.6 is 24.8 Å². The lowest BCUT2D eigenvalue weighted by atomic mass is 9.93. The van der Waals surface area contributed by atoms with Gasteiger partial charge in [-0.15, -0.1) is 24.8 Å². The molecule has 0 aliphatic carbocycles. The maximum Gasteiger partial charge on any atom is 0.0110 e. The first-order valence-corrected chi connectivity index (χ1v) is 6.31. The molecule has 104 valence electrons. The summed E-state index contributed by atoms with van der Waals surface area (Å²) in [5, 5.41) is 3.40. The van der Waals surface area contributed by atoms with Crippen LogP contribution < -0.4 is 5.32 Å². The zero-order valence-electron chi connectivity index (χ0n) is 11.1. The van der Waals surface area contributed by atoms with Crippen LogP contribution in [0.15, 0.2) is 0 Å². The summed E-state index contributed by atoms with van der Waals surface area (Å²) >= 11 is 0. The molecule has 0 aromatic carbocycles. The van der Waals surface area contributed by atoms with Gasteiger partial charge in [-0.2, -0.15) is 0 Å². The van der Waals surface area contributed by atoms with Crippen LogP contribution in [-0.2, 0) is 0 Å². The fourth-order valence-corrected chi connectivity index (χ4v) is 2.63. The molecule has 1 N–H and O–H groups in total. The van der Waals surface area contributed by atoms with Gasteiger partial charge in [-0.25, -0.2) is 0 Å². The molecule has 2 aliphatic rings. The molecule has 3 nitrogen and oxygen atoms in total. The summed E-state index contributed by atoms with van der Waals surface area (Å²) in [6.45, 7) is 14.7. The normalized spacial score (nSPS) is 25.1. The van der Waals surface area contributed by atoms with Crippen molar-refractivity contribution < 1.29 is 0 Å². The molecule has 0 radical (unpaired) electrons. The van der Waals surface area contributed by atoms with E-state index < -0.39 is 0 Å². The summed E-state index contributed by atoms with van der Waals surface area (Å²) in [4.78, 5) is 5.21. The molecular formula is C12H27Cl2N3. The molecule has 0 aromatic heterocycles. The van der Waals surface area contributed by atoms with Crippen molar-refractivity contribution >= 4 is 24.8 Å². The fourth-order valence-electron chi connectivity index (χ4n) is 2.63. The topological polar surface area (TPSA) is 18.5 Å². The molecule has 0 aromatic rings. The summed E-state index contributed by atoms with van der Waals surface area (Å²) in [6, 6.07) is 0. The second-order valence-electron chi connectivity index (χ2n) is 5.78. The summed E-state index contributed by atoms with van der Waals surface area (Å²) < 4.78 is 0. The Kier molecular flexibility index (Phi) is 8.01. The standard InChI is InChI=1S/C12H25N3.2ClH/c1-12(2)3-6-15(11-12)10-9-14-7-4-13-5-8-14;;/h13H,3-11H2,1-2H3;2*1H. The number of rotatable bonds is 3. The zero-order chi connectivity index (χ0) is 10.7. The highest BCUT2D eigenvalue weighted by Crippen LogP contribution is 2.28. The number of piperazine rings is 1. The first kappa shape index (κ1) is 17.5. The van der Waals surface area contributed by atoms with Crippen LogP contribution in [0.4, 0.5) is 0 Å². The highest BCUT2D eigenvalue weighted by Gasteiger charge is 2.28. The van der Waals surface area contributed by atoms with Crippen LogP contribution in [0.3, 0.4) is 0 Å². The summed E-state index contributed by atoms with van der Waals surface area (Å²) in [7, 11) is 0. The smallest absolute Gasteiger partial charge is 0.0110 e. The van der Waals surface area contributed by atoms with Gasteiger partial charge in [0.05, 0.1) is 0 Å². The van der Waals surface area contributed by atoms with Crippen LogP contribution in [0, 0.1) is 5.41 Å². The molecule has 2 rings (SSSR count). The van der Waals surface area contributed by atoms with Gasteiger partial charge in [0.15, 0.2) is 0 Å². The van der Waals surface area contributed by atoms with E-state index in [-0.39, 0.29) is 24.8 Å². The third-order valence-corrected chi connectivity index (χ3v) is 3.70. The molecule has 5 heteroatoms. The molecule has 0 atom stereocenters. The second-order valence-corrected chi connectivity index (χ2v) is 5.78. The van der Waals surface area contributed by atoms with E-state index in [0.717, 1.165) is 0 Å². The van der Waals surface area contributed by atoms with Crippen molar-refractivity contribution in [3.8, 4) is 0 Å². The van der Waals surface area contributed by atoms with E-state index in [1.54, 1.807) is 0 Å². The lowest BCUT2D eigenvalue weighted by Crippen LogP contribution is -2.46. The SMILES string of the molecule is CC1(C)CCN(CCN2CCNCC2)C1.Cl.Cl. The summed E-state index contributed by atoms with van der Waals surface area (Å²) in [5.74, 6) is 0. The number of halogens is 2. The highest BCUT2D eigenvalue weighted by atomic mass is 35.5. The van der Waals surface area contributed by atoms with Crippen molar-refractivity contribution in [3.63, 3.8) is 0 Å². The van der Waals surface area contributed by atoms with Gasteiger partial charge >= 0.3 is 0 Å². The van der Waals surface area contributed by atoms with Crippen molar-refractivity contribution in [1.82, 2.24) is 15.1 Å². The Balaban J connectivity index is 0.00000128. The van der Waals surface area contributed by atoms with Crippen molar-refractivity contribution in [3.05, 3.63) is 0 Å². The first-order valence-electron chi connectivity index (χ1n) is 6.31. The van der Waals surface area contributed by atoms with E-state index in [1.807, 2.05) is 0 Å². The lowest BCUT2D eigenvalue weighted by Gasteiger charge is -2.29. The number of likely N-dealkylation sites (tertiary alicyclic amines) is 1. The Bertz CT molecular complexity index is 206. The van der Waals surface area contributed by atoms with Crippen LogP contribution in [0.2, 0.25) is 0 Å². The minimum absolute atomic E-state index is 0. The molecule has 0 saturated carbocycles. The Morgan fingerprint density at radius 3 is 2.06 bits per heavy atom. The maximum atomic E-state index is 3.40. The third kappa shape index (κ3) is 5.75. The van der Waals surface area contributed by atoms with Crippen LogP contribution in [-0.4, -0.2) is 62.2 Å². The Labute approximate surface area is 118 Å². The van der Waals surface area contributed by atoms with Gasteiger partial charge in [0.25, 0.3) is 0 Å². The molecule has 2 aliphatic heterocycles. The van der Waals surface area contributed by atoms with Gasteiger partial charge in [-0.3, -0.25) is 4.90 Å². The number of hydrogen-bond acceptors (Lipinski definition) is 3. The summed E-state index contributed by atoms with van der Waals surface area (Å²) in [5.41, 5.74) is 0.559. The molecule has 2 fully saturated rings. The Morgan fingerprint density at radius 1 is 0.941 bits per heavy atom. The Morgan fingerprint density at radius 2 is 1.53 bits per heavy atom. The van der Waals surface area contributed by atoms with Crippen LogP contribution in [0.5, 0.6) is 0 Å². The van der Waals surface area contributed by atoms with Crippen molar-refractivity contribution in [2.75, 3.05) is 52.4 Å². The monoisotopic (exact) mass is 283 g/mol. The lowest BCUT2D eigenvalue weighted by molar-refractivity contribution is 0.197. The van der Waals surface area contributed by atoms with Gasteiger partial charge in [-0.1, -0.05) is 13.8 Å². The Hall–Kier alpha value is 0.460. The van der Waals surface area contributed by atoms with E-state index >= 15 is 0 Å². The van der Waals surface area contributed by atoms with Crippen molar-refractivity contribution in [1.29, 1.82) is 0 Å². The molecule has 0 bridgehead atoms. The average Bonchev–Trinajstić information content (AvgIpc) is 2.57. The largest absolute Gasteiger partial charge is 0.314 e. The van der Waals surface area contributed by atoms with Crippen molar-refractivity contribution in [2.24, 2.45) is 5.41 Å². The zero-order valence-corrected chi connectivity index (χ0v) is 12.7. The predicted octanol–water partition coefficient (Wildman–Crippen LogP) is 1.47. The van der Waals surface area contributed by atoms with Gasteiger partial charge in [0, 0.05) is 45.8 Å². The third-order valence-electron chi connectivity index (χ3n) is 3.70. The van der Waals surface area contributed by atoms with E-state index in [4.69, 9.17) is 0 Å². The van der Waals surface area contributed by atoms with Crippen molar-refractivity contribution in [2.45, 2.75) is 20.3 Å². The number of nitrogens with one attached hydrogen (secondary N) is 1. The van der Waals surface area contributed by atoms with Crippen LogP contribution in [0.1, 0.15) is 20.3 Å². The van der Waals surface area contributed by atoms with E-state index in [0.29, 0.717) is 5.41 Å². The quantitative estimate of drug-likeness (QED) is 0.846. The molecular weight excluding hydrogens is 257 g/mol. The molecule has 17 heavy (non-hydrogen) atoms. The van der Waals surface area contributed by atoms with Gasteiger partial charge in [-0.05, 0) is 18.4 Å². The van der Waals surface area contributed by atoms with Gasteiger partial charge in [0.2, 0.25) is 0 Å². The maximum absolute atomic E-state index is 3.40. The first-order chi connectivity index (χ1) is 7.16. The molecule has 0 amide bonds. The molecule has 2 saturated heterocycles. The molecule has 0 spiro atoms. The predicted molar refractivity (Wildman–Crippen MR) is 78.6 cm³/mol. The van der Waals surface area contributed by atoms with Gasteiger partial charge in [0.1, 0.15) is 0 Å². The number of nitrogens with zero attached hydrogens (tertiary/aromatic N) is 2. The van der Waals surface area contributed by atoms with Crippen LogP contribution in [0.25, 0.3) is 0 Å². The fraction of sp³-hybridized carbons (Fsp3) is 1.00. The van der Waals surface area contributed by atoms with Gasteiger partial charge < -0.3 is 10.2 Å². The average molecular weight is 284 g/mol. The van der Waals surface area contributed by atoms with E-state index in [2.05, 4.69) is 29.0 Å². The van der Waals surface area contributed by atoms with E-state index in [1.165, 1.54) is 58.8 Å². The molecule has 0 unspecified atom stereocenters. The summed E-state index contributed by atoms with van der Waals surface area (Å²) in [6.07, 6.45) is 1.37.